The second-order valence-electron chi connectivity index (χ2n) is 4.80. The van der Waals surface area contributed by atoms with E-state index >= 15 is 0 Å². The van der Waals surface area contributed by atoms with Crippen molar-refractivity contribution in [2.24, 2.45) is 5.92 Å². The molecule has 2 aliphatic heterocycles. The Kier molecular flexibility index (Phi) is 2.76. The van der Waals surface area contributed by atoms with E-state index in [0.29, 0.717) is 17.5 Å². The summed E-state index contributed by atoms with van der Waals surface area (Å²) in [6, 6.07) is 0.484. The lowest BCUT2D eigenvalue weighted by atomic mass is 9.94. The van der Waals surface area contributed by atoms with Crippen molar-refractivity contribution in [1.29, 1.82) is 0 Å². The number of hydrogen-bond acceptors (Lipinski definition) is 4. The Morgan fingerprint density at radius 1 is 1.35 bits per heavy atom. The van der Waals surface area contributed by atoms with E-state index in [0.717, 1.165) is 19.6 Å². The fourth-order valence-corrected chi connectivity index (χ4v) is 2.80. The van der Waals surface area contributed by atoms with Gasteiger partial charge in [-0.3, -0.25) is 4.79 Å². The molecule has 0 spiro atoms. The number of fused-ring (bicyclic) bond motifs is 1. The minimum Gasteiger partial charge on any atom is -0.337 e. The third-order valence-corrected chi connectivity index (χ3v) is 3.69. The third kappa shape index (κ3) is 2.02. The van der Waals surface area contributed by atoms with Crippen molar-refractivity contribution < 1.29 is 4.79 Å². The molecular weight excluding hydrogens is 216 g/mol. The van der Waals surface area contributed by atoms with Crippen LogP contribution in [-0.4, -0.2) is 46.5 Å². The average Bonchev–Trinajstić information content (AvgIpc) is 2.82. The summed E-state index contributed by atoms with van der Waals surface area (Å²) in [5.41, 5.74) is 0.589. The molecule has 0 saturated carbocycles. The number of rotatable bonds is 1. The van der Waals surface area contributed by atoms with Gasteiger partial charge >= 0.3 is 0 Å². The first-order valence-corrected chi connectivity index (χ1v) is 6.12. The molecule has 0 aromatic carbocycles. The summed E-state index contributed by atoms with van der Waals surface area (Å²) >= 11 is 0. The second kappa shape index (κ2) is 4.41. The van der Waals surface area contributed by atoms with E-state index in [9.17, 15) is 4.79 Å². The van der Waals surface area contributed by atoms with Crippen molar-refractivity contribution >= 4 is 5.91 Å². The molecule has 0 aliphatic carbocycles. The smallest absolute Gasteiger partial charge is 0.257 e. The lowest BCUT2D eigenvalue weighted by molar-refractivity contribution is 0.0784. The van der Waals surface area contributed by atoms with E-state index < -0.39 is 0 Å². The molecule has 1 N–H and O–H groups in total. The molecule has 17 heavy (non-hydrogen) atoms. The van der Waals surface area contributed by atoms with E-state index in [-0.39, 0.29) is 5.91 Å². The second-order valence-corrected chi connectivity index (χ2v) is 4.80. The van der Waals surface area contributed by atoms with Gasteiger partial charge < -0.3 is 10.2 Å². The van der Waals surface area contributed by atoms with Crippen LogP contribution in [0.1, 0.15) is 23.2 Å². The quantitative estimate of drug-likeness (QED) is 0.756. The van der Waals surface area contributed by atoms with Crippen LogP contribution >= 0.6 is 0 Å². The summed E-state index contributed by atoms with van der Waals surface area (Å²) in [4.78, 5) is 21.9. The van der Waals surface area contributed by atoms with Gasteiger partial charge in [0.15, 0.2) is 0 Å². The van der Waals surface area contributed by atoms with Crippen LogP contribution in [0.25, 0.3) is 0 Å². The number of aromatic nitrogens is 2. The number of carbonyl (C=O) groups excluding carboxylic acids is 1. The molecule has 2 unspecified atom stereocenters. The van der Waals surface area contributed by atoms with E-state index in [2.05, 4.69) is 15.3 Å². The molecule has 1 amide bonds. The van der Waals surface area contributed by atoms with Crippen LogP contribution in [0.2, 0.25) is 0 Å². The number of nitrogens with one attached hydrogen (secondary N) is 1. The Labute approximate surface area is 100 Å². The van der Waals surface area contributed by atoms with Crippen molar-refractivity contribution in [3.05, 3.63) is 24.3 Å². The van der Waals surface area contributed by atoms with Crippen molar-refractivity contribution in [1.82, 2.24) is 20.2 Å². The van der Waals surface area contributed by atoms with Crippen LogP contribution < -0.4 is 5.32 Å². The number of piperidine rings is 1. The van der Waals surface area contributed by atoms with Crippen LogP contribution in [0.15, 0.2) is 18.7 Å². The zero-order valence-corrected chi connectivity index (χ0v) is 9.67. The molecule has 3 heterocycles. The van der Waals surface area contributed by atoms with Crippen molar-refractivity contribution in [2.45, 2.75) is 18.9 Å². The SMILES string of the molecule is O=C(c1cncnc1)N1CC2CCCNC2C1. The Morgan fingerprint density at radius 2 is 2.18 bits per heavy atom. The van der Waals surface area contributed by atoms with Gasteiger partial charge in [-0.25, -0.2) is 9.97 Å². The molecule has 2 saturated heterocycles. The number of amides is 1. The third-order valence-electron chi connectivity index (χ3n) is 3.69. The molecule has 5 heteroatoms. The molecule has 1 aromatic heterocycles. The Bertz CT molecular complexity index is 394. The van der Waals surface area contributed by atoms with Gasteiger partial charge in [-0.05, 0) is 25.3 Å². The minimum absolute atomic E-state index is 0.0572. The molecule has 3 rings (SSSR count). The average molecular weight is 232 g/mol. The summed E-state index contributed by atoms with van der Waals surface area (Å²) in [6.07, 6.45) is 7.07. The maximum absolute atomic E-state index is 12.2. The van der Waals surface area contributed by atoms with Crippen LogP contribution in [0, 0.1) is 5.92 Å². The zero-order chi connectivity index (χ0) is 11.7. The van der Waals surface area contributed by atoms with E-state index in [1.165, 1.54) is 19.2 Å². The Balaban J connectivity index is 1.72. The number of likely N-dealkylation sites (tertiary alicyclic amines) is 1. The lowest BCUT2D eigenvalue weighted by Gasteiger charge is -2.24. The molecular formula is C12H16N4O. The predicted octanol–water partition coefficient (Wildman–Crippen LogP) is 0.301. The highest BCUT2D eigenvalue weighted by atomic mass is 16.2. The van der Waals surface area contributed by atoms with Crippen LogP contribution in [0.5, 0.6) is 0 Å². The highest BCUT2D eigenvalue weighted by Gasteiger charge is 2.36. The number of hydrogen-bond donors (Lipinski definition) is 1. The normalized spacial score (nSPS) is 27.9. The number of carbonyl (C=O) groups is 1. The lowest BCUT2D eigenvalue weighted by Crippen LogP contribution is -2.41. The van der Waals surface area contributed by atoms with Gasteiger partial charge in [-0.15, -0.1) is 0 Å². The summed E-state index contributed by atoms with van der Waals surface area (Å²) in [5, 5.41) is 3.49. The predicted molar refractivity (Wildman–Crippen MR) is 62.5 cm³/mol. The van der Waals surface area contributed by atoms with Gasteiger partial charge in [-0.2, -0.15) is 0 Å². The highest BCUT2D eigenvalue weighted by Crippen LogP contribution is 2.25. The van der Waals surface area contributed by atoms with Gasteiger partial charge in [0.25, 0.3) is 5.91 Å². The van der Waals surface area contributed by atoms with Gasteiger partial charge in [0.2, 0.25) is 0 Å². The molecule has 1 aromatic rings. The molecule has 2 atom stereocenters. The molecule has 0 radical (unpaired) electrons. The van der Waals surface area contributed by atoms with Crippen LogP contribution in [-0.2, 0) is 0 Å². The van der Waals surface area contributed by atoms with Crippen molar-refractivity contribution in [3.8, 4) is 0 Å². The maximum Gasteiger partial charge on any atom is 0.257 e. The van der Waals surface area contributed by atoms with Crippen molar-refractivity contribution in [2.75, 3.05) is 19.6 Å². The summed E-state index contributed by atoms with van der Waals surface area (Å²) in [5.74, 6) is 0.680. The topological polar surface area (TPSA) is 58.1 Å². The fraction of sp³-hybridized carbons (Fsp3) is 0.583. The highest BCUT2D eigenvalue weighted by molar-refractivity contribution is 5.93. The van der Waals surface area contributed by atoms with E-state index in [4.69, 9.17) is 0 Å². The molecule has 5 nitrogen and oxygen atoms in total. The zero-order valence-electron chi connectivity index (χ0n) is 9.67. The van der Waals surface area contributed by atoms with Crippen LogP contribution in [0.4, 0.5) is 0 Å². The molecule has 2 fully saturated rings. The first-order valence-electron chi connectivity index (χ1n) is 6.12. The van der Waals surface area contributed by atoms with Gasteiger partial charge in [-0.1, -0.05) is 0 Å². The van der Waals surface area contributed by atoms with Gasteiger partial charge in [0.1, 0.15) is 6.33 Å². The monoisotopic (exact) mass is 232 g/mol. The first-order chi connectivity index (χ1) is 8.34. The molecule has 90 valence electrons. The summed E-state index contributed by atoms with van der Waals surface area (Å²) < 4.78 is 0. The largest absolute Gasteiger partial charge is 0.337 e. The van der Waals surface area contributed by atoms with Gasteiger partial charge in [0, 0.05) is 31.5 Å². The molecule has 0 bridgehead atoms. The standard InChI is InChI=1S/C12H16N4O/c17-12(10-4-13-8-14-5-10)16-6-9-2-1-3-15-11(9)7-16/h4-5,8-9,11,15H,1-3,6-7H2. The number of nitrogens with zero attached hydrogens (tertiary/aromatic N) is 3. The summed E-state index contributed by atoms with van der Waals surface area (Å²) in [6.45, 7) is 2.77. The van der Waals surface area contributed by atoms with Crippen LogP contribution in [0.3, 0.4) is 0 Å². The Morgan fingerprint density at radius 3 is 2.94 bits per heavy atom. The fourth-order valence-electron chi connectivity index (χ4n) is 2.80. The Hall–Kier alpha value is -1.49. The first kappa shape index (κ1) is 10.7. The van der Waals surface area contributed by atoms with Crippen molar-refractivity contribution in [3.63, 3.8) is 0 Å². The molecule has 2 aliphatic rings. The van der Waals surface area contributed by atoms with Gasteiger partial charge in [0.05, 0.1) is 5.56 Å². The van der Waals surface area contributed by atoms with E-state index in [1.54, 1.807) is 12.4 Å². The minimum atomic E-state index is 0.0572. The van der Waals surface area contributed by atoms with E-state index in [1.807, 2.05) is 4.90 Å². The maximum atomic E-state index is 12.2. The summed E-state index contributed by atoms with van der Waals surface area (Å²) in [7, 11) is 0.